The first-order valence-corrected chi connectivity index (χ1v) is 19.6. The maximum absolute atomic E-state index is 12.3. The SMILES string of the molecule is CC/C=C\C[C@@H](O)/C=C/C=C\C=C\[C@@H](O)C/C=C\C/C=C\CCC(=O)OC[C@H](COP(=O)(O)O)OC(=O)CCCCCCC/C=C\CCCC. The summed E-state index contributed by atoms with van der Waals surface area (Å²) in [4.78, 5) is 42.6. The zero-order valence-electron chi connectivity index (χ0n) is 30.2. The summed E-state index contributed by atoms with van der Waals surface area (Å²) in [5.41, 5.74) is 0. The van der Waals surface area contributed by atoms with E-state index in [0.717, 1.165) is 44.9 Å². The summed E-state index contributed by atoms with van der Waals surface area (Å²) in [6.45, 7) is 3.26. The van der Waals surface area contributed by atoms with Crippen LogP contribution in [-0.2, 0) is 28.2 Å². The Bertz CT molecular complexity index is 1120. The Morgan fingerprint density at radius 1 is 0.640 bits per heavy atom. The van der Waals surface area contributed by atoms with Gasteiger partial charge in [-0.1, -0.05) is 131 Å². The Morgan fingerprint density at radius 3 is 1.86 bits per heavy atom. The van der Waals surface area contributed by atoms with Gasteiger partial charge in [0.15, 0.2) is 6.10 Å². The first-order chi connectivity index (χ1) is 24.1. The number of aliphatic hydroxyl groups excluding tert-OH is 2. The van der Waals surface area contributed by atoms with Crippen molar-refractivity contribution >= 4 is 19.8 Å². The summed E-state index contributed by atoms with van der Waals surface area (Å²) in [5.74, 6) is -1.08. The highest BCUT2D eigenvalue weighted by atomic mass is 31.2. The quantitative estimate of drug-likeness (QED) is 0.0180. The molecule has 0 rings (SSSR count). The number of carbonyl (C=O) groups is 2. The van der Waals surface area contributed by atoms with Crippen molar-refractivity contribution in [2.24, 2.45) is 0 Å². The lowest BCUT2D eigenvalue weighted by molar-refractivity contribution is -0.161. The molecule has 284 valence electrons. The van der Waals surface area contributed by atoms with E-state index >= 15 is 0 Å². The van der Waals surface area contributed by atoms with Crippen LogP contribution in [0.15, 0.2) is 85.1 Å². The monoisotopic (exact) mass is 722 g/mol. The van der Waals surface area contributed by atoms with Gasteiger partial charge in [0, 0.05) is 12.8 Å². The molecule has 3 atom stereocenters. The minimum atomic E-state index is -4.80. The van der Waals surface area contributed by atoms with E-state index in [1.807, 2.05) is 43.4 Å². The van der Waals surface area contributed by atoms with Crippen molar-refractivity contribution in [1.82, 2.24) is 0 Å². The number of ether oxygens (including phenoxy) is 2. The number of esters is 2. The van der Waals surface area contributed by atoms with Crippen LogP contribution < -0.4 is 0 Å². The molecule has 0 aliphatic carbocycles. The Morgan fingerprint density at radius 2 is 1.22 bits per heavy atom. The highest BCUT2D eigenvalue weighted by Crippen LogP contribution is 2.35. The van der Waals surface area contributed by atoms with Crippen LogP contribution in [0, 0.1) is 0 Å². The number of rotatable bonds is 31. The molecule has 0 spiro atoms. The van der Waals surface area contributed by atoms with E-state index in [2.05, 4.69) is 23.6 Å². The Hall–Kier alpha value is -2.85. The zero-order chi connectivity index (χ0) is 37.1. The number of phosphoric acid groups is 1. The maximum atomic E-state index is 12.3. The second kappa shape index (κ2) is 33.3. The summed E-state index contributed by atoms with van der Waals surface area (Å²) in [7, 11) is -4.80. The van der Waals surface area contributed by atoms with Crippen LogP contribution in [0.5, 0.6) is 0 Å². The van der Waals surface area contributed by atoms with Crippen molar-refractivity contribution in [3.8, 4) is 0 Å². The van der Waals surface area contributed by atoms with E-state index < -0.39 is 44.7 Å². The van der Waals surface area contributed by atoms with Gasteiger partial charge >= 0.3 is 19.8 Å². The van der Waals surface area contributed by atoms with Gasteiger partial charge in [0.05, 0.1) is 18.8 Å². The molecule has 0 heterocycles. The number of carbonyl (C=O) groups excluding carboxylic acids is 2. The van der Waals surface area contributed by atoms with Crippen molar-refractivity contribution in [2.45, 2.75) is 135 Å². The van der Waals surface area contributed by atoms with Gasteiger partial charge in [0.1, 0.15) is 6.61 Å². The predicted molar refractivity (Wildman–Crippen MR) is 200 cm³/mol. The topological polar surface area (TPSA) is 160 Å². The van der Waals surface area contributed by atoms with E-state index in [4.69, 9.17) is 19.3 Å². The van der Waals surface area contributed by atoms with Crippen molar-refractivity contribution in [2.75, 3.05) is 13.2 Å². The highest BCUT2D eigenvalue weighted by Gasteiger charge is 2.22. The van der Waals surface area contributed by atoms with E-state index in [1.54, 1.807) is 36.5 Å². The highest BCUT2D eigenvalue weighted by molar-refractivity contribution is 7.46. The molecule has 0 radical (unpaired) electrons. The number of unbranched alkanes of at least 4 members (excludes halogenated alkanes) is 7. The largest absolute Gasteiger partial charge is 0.469 e. The molecule has 0 saturated carbocycles. The van der Waals surface area contributed by atoms with Gasteiger partial charge < -0.3 is 29.5 Å². The molecule has 0 fully saturated rings. The lowest BCUT2D eigenvalue weighted by atomic mass is 10.1. The molecule has 0 saturated heterocycles. The number of hydrogen-bond donors (Lipinski definition) is 4. The molecule has 10 nitrogen and oxygen atoms in total. The Labute approximate surface area is 300 Å². The molecule has 0 aliphatic rings. The molecule has 0 aromatic rings. The summed E-state index contributed by atoms with van der Waals surface area (Å²) < 4.78 is 26.1. The molecule has 11 heteroatoms. The average Bonchev–Trinajstić information content (AvgIpc) is 3.07. The molecule has 0 aromatic heterocycles. The molecule has 0 aliphatic heterocycles. The molecule has 4 N–H and O–H groups in total. The first kappa shape index (κ1) is 47.1. The van der Waals surface area contributed by atoms with E-state index in [1.165, 1.54) is 12.8 Å². The Kier molecular flexibility index (Phi) is 31.4. The van der Waals surface area contributed by atoms with E-state index in [0.29, 0.717) is 32.1 Å². The summed E-state index contributed by atoms with van der Waals surface area (Å²) in [6.07, 6.45) is 36.7. The molecular formula is C39H63O10P. The summed E-state index contributed by atoms with van der Waals surface area (Å²) in [6, 6.07) is 0. The smallest absolute Gasteiger partial charge is 0.462 e. The van der Waals surface area contributed by atoms with Crippen LogP contribution >= 0.6 is 7.82 Å². The molecule has 0 unspecified atom stereocenters. The molecular weight excluding hydrogens is 659 g/mol. The lowest BCUT2D eigenvalue weighted by Gasteiger charge is -2.18. The van der Waals surface area contributed by atoms with Gasteiger partial charge in [0.25, 0.3) is 0 Å². The van der Waals surface area contributed by atoms with Crippen LogP contribution in [0.4, 0.5) is 0 Å². The molecule has 0 aromatic carbocycles. The van der Waals surface area contributed by atoms with Gasteiger partial charge in [-0.25, -0.2) is 4.57 Å². The van der Waals surface area contributed by atoms with Gasteiger partial charge in [-0.3, -0.25) is 14.1 Å². The third-order valence-corrected chi connectivity index (χ3v) is 7.56. The zero-order valence-corrected chi connectivity index (χ0v) is 31.1. The van der Waals surface area contributed by atoms with Crippen LogP contribution in [0.1, 0.15) is 117 Å². The number of aliphatic hydroxyl groups is 2. The second-order valence-corrected chi connectivity index (χ2v) is 13.1. The Balaban J connectivity index is 4.28. The van der Waals surface area contributed by atoms with Gasteiger partial charge in [-0.05, 0) is 57.8 Å². The predicted octanol–water partition coefficient (Wildman–Crippen LogP) is 8.45. The van der Waals surface area contributed by atoms with Gasteiger partial charge in [-0.2, -0.15) is 0 Å². The fourth-order valence-electron chi connectivity index (χ4n) is 4.32. The van der Waals surface area contributed by atoms with Crippen molar-refractivity contribution in [1.29, 1.82) is 0 Å². The second-order valence-electron chi connectivity index (χ2n) is 11.9. The van der Waals surface area contributed by atoms with Crippen molar-refractivity contribution in [3.05, 3.63) is 85.1 Å². The number of hydrogen-bond acceptors (Lipinski definition) is 8. The van der Waals surface area contributed by atoms with E-state index in [9.17, 15) is 24.4 Å². The summed E-state index contributed by atoms with van der Waals surface area (Å²) >= 11 is 0. The van der Waals surface area contributed by atoms with Crippen LogP contribution in [0.3, 0.4) is 0 Å². The van der Waals surface area contributed by atoms with Gasteiger partial charge in [0.2, 0.25) is 0 Å². The van der Waals surface area contributed by atoms with Crippen LogP contribution in [0.2, 0.25) is 0 Å². The van der Waals surface area contributed by atoms with E-state index in [-0.39, 0.29) is 19.4 Å². The number of allylic oxidation sites excluding steroid dienone is 10. The molecule has 0 amide bonds. The van der Waals surface area contributed by atoms with Gasteiger partial charge in [-0.15, -0.1) is 0 Å². The average molecular weight is 723 g/mol. The van der Waals surface area contributed by atoms with Crippen molar-refractivity contribution in [3.63, 3.8) is 0 Å². The van der Waals surface area contributed by atoms with Crippen molar-refractivity contribution < 1.29 is 48.2 Å². The first-order valence-electron chi connectivity index (χ1n) is 18.1. The summed E-state index contributed by atoms with van der Waals surface area (Å²) in [5, 5.41) is 19.8. The fraction of sp³-hybridized carbons (Fsp3) is 0.590. The number of phosphoric ester groups is 1. The standard InChI is InChI=1S/C39H63O10P/c1-3-5-7-8-9-10-11-12-13-18-26-32-39(43)49-37(34-48-50(44,45)46)33-47-38(42)31-25-17-15-14-16-22-28-36(41)30-24-20-19-23-29-35(40)27-21-6-4-2/h6,8-9,15-17,19-24,29-30,35-37,40-41H,3-5,7,10-14,18,25-28,31-34H2,1-2H3,(H2,44,45,46)/b9-8-,17-15-,20-19-,21-6-,22-16-,29-23+,30-24+/t35-,36+,37-/m1/s1. The maximum Gasteiger partial charge on any atom is 0.469 e. The fourth-order valence-corrected chi connectivity index (χ4v) is 4.68. The molecule has 50 heavy (non-hydrogen) atoms. The van der Waals surface area contributed by atoms with Crippen LogP contribution in [-0.4, -0.2) is 63.5 Å². The minimum Gasteiger partial charge on any atom is -0.462 e. The minimum absolute atomic E-state index is 0.0792. The third kappa shape index (κ3) is 35.0. The third-order valence-electron chi connectivity index (χ3n) is 7.08. The normalized spacial score (nSPS) is 14.8. The van der Waals surface area contributed by atoms with Crippen LogP contribution in [0.25, 0.3) is 0 Å². The molecule has 0 bridgehead atoms. The lowest BCUT2D eigenvalue weighted by Crippen LogP contribution is -2.29.